The molecule has 0 atom stereocenters. The van der Waals surface area contributed by atoms with Gasteiger partial charge >= 0.3 is 0 Å². The van der Waals surface area contributed by atoms with E-state index in [1.807, 2.05) is 40.1 Å². The lowest BCUT2D eigenvalue weighted by Crippen LogP contribution is -2.64. The van der Waals surface area contributed by atoms with Crippen molar-refractivity contribution in [3.8, 4) is 10.4 Å². The highest BCUT2D eigenvalue weighted by Gasteiger charge is 2.35. The molecule has 2 fully saturated rings. The Bertz CT molecular complexity index is 834. The van der Waals surface area contributed by atoms with E-state index in [1.165, 1.54) is 6.08 Å². The second-order valence-electron chi connectivity index (χ2n) is 6.96. The molecule has 5 nitrogen and oxygen atoms in total. The van der Waals surface area contributed by atoms with Crippen LogP contribution in [0.25, 0.3) is 10.4 Å². The number of benzene rings is 1. The van der Waals surface area contributed by atoms with Crippen molar-refractivity contribution in [2.45, 2.75) is 6.04 Å². The maximum Gasteiger partial charge on any atom is 0.264 e. The average Bonchev–Trinajstić information content (AvgIpc) is 3.17. The summed E-state index contributed by atoms with van der Waals surface area (Å²) < 4.78 is 0. The number of amides is 2. The van der Waals surface area contributed by atoms with Crippen molar-refractivity contribution >= 4 is 23.2 Å². The van der Waals surface area contributed by atoms with Crippen LogP contribution < -0.4 is 0 Å². The van der Waals surface area contributed by atoms with E-state index < -0.39 is 0 Å². The van der Waals surface area contributed by atoms with Gasteiger partial charge in [0.1, 0.15) is 0 Å². The number of carbonyl (C=O) groups excluding carboxylic acids is 2. The lowest BCUT2D eigenvalue weighted by molar-refractivity contribution is -0.133. The van der Waals surface area contributed by atoms with Crippen LogP contribution in [-0.4, -0.2) is 71.8 Å². The molecule has 0 aliphatic carbocycles. The van der Waals surface area contributed by atoms with Crippen molar-refractivity contribution < 1.29 is 9.59 Å². The third-order valence-corrected chi connectivity index (χ3v) is 6.46. The topological polar surface area (TPSA) is 43.9 Å². The molecule has 27 heavy (non-hydrogen) atoms. The Morgan fingerprint density at radius 2 is 1.67 bits per heavy atom. The fourth-order valence-corrected chi connectivity index (χ4v) is 4.63. The molecule has 0 unspecified atom stereocenters. The molecule has 2 aliphatic rings. The first-order chi connectivity index (χ1) is 13.2. The highest BCUT2D eigenvalue weighted by molar-refractivity contribution is 7.17. The van der Waals surface area contributed by atoms with E-state index in [2.05, 4.69) is 23.6 Å². The van der Waals surface area contributed by atoms with Gasteiger partial charge in [-0.3, -0.25) is 14.5 Å². The van der Waals surface area contributed by atoms with E-state index in [1.54, 1.807) is 11.3 Å². The number of rotatable bonds is 4. The summed E-state index contributed by atoms with van der Waals surface area (Å²) in [5.74, 6) is 0.130. The SMILES string of the molecule is C=CC(=O)N1CC(N2CCN(C(=O)c3ccc(-c4ccccc4)s3)CC2)C1. The monoisotopic (exact) mass is 381 g/mol. The molecule has 2 saturated heterocycles. The van der Waals surface area contributed by atoms with Crippen molar-refractivity contribution in [1.29, 1.82) is 0 Å². The number of hydrogen-bond acceptors (Lipinski definition) is 4. The Balaban J connectivity index is 1.31. The zero-order valence-electron chi connectivity index (χ0n) is 15.2. The number of hydrogen-bond donors (Lipinski definition) is 0. The minimum Gasteiger partial charge on any atom is -0.336 e. The summed E-state index contributed by atoms with van der Waals surface area (Å²) in [4.78, 5) is 32.5. The summed E-state index contributed by atoms with van der Waals surface area (Å²) in [6.45, 7) is 8.28. The van der Waals surface area contributed by atoms with Crippen molar-refractivity contribution in [1.82, 2.24) is 14.7 Å². The molecule has 3 heterocycles. The van der Waals surface area contributed by atoms with Gasteiger partial charge in [0.05, 0.1) is 4.88 Å². The van der Waals surface area contributed by atoms with E-state index in [0.29, 0.717) is 6.04 Å². The number of thiophene rings is 1. The standard InChI is InChI=1S/C21H23N3O2S/c1-2-20(25)24-14-17(15-24)22-10-12-23(13-11-22)21(26)19-9-8-18(27-19)16-6-4-3-5-7-16/h2-9,17H,1,10-15H2. The predicted octanol–water partition coefficient (Wildman–Crippen LogP) is 2.57. The molecule has 0 saturated carbocycles. The molecule has 0 N–H and O–H groups in total. The average molecular weight is 382 g/mol. The van der Waals surface area contributed by atoms with E-state index >= 15 is 0 Å². The van der Waals surface area contributed by atoms with Crippen LogP contribution in [0.2, 0.25) is 0 Å². The van der Waals surface area contributed by atoms with Crippen LogP contribution in [0.4, 0.5) is 0 Å². The first kappa shape index (κ1) is 17.9. The predicted molar refractivity (Wildman–Crippen MR) is 108 cm³/mol. The minimum atomic E-state index is 0.00646. The molecule has 2 aliphatic heterocycles. The Labute approximate surface area is 163 Å². The first-order valence-electron chi connectivity index (χ1n) is 9.25. The van der Waals surface area contributed by atoms with E-state index in [0.717, 1.165) is 54.6 Å². The maximum atomic E-state index is 12.8. The van der Waals surface area contributed by atoms with E-state index in [-0.39, 0.29) is 11.8 Å². The molecule has 0 bridgehead atoms. The van der Waals surface area contributed by atoms with Gasteiger partial charge in [0.25, 0.3) is 5.91 Å². The molecular weight excluding hydrogens is 358 g/mol. The molecule has 0 radical (unpaired) electrons. The second kappa shape index (κ2) is 7.66. The first-order valence-corrected chi connectivity index (χ1v) is 10.1. The highest BCUT2D eigenvalue weighted by atomic mass is 32.1. The van der Waals surface area contributed by atoms with E-state index in [9.17, 15) is 9.59 Å². The third-order valence-electron chi connectivity index (χ3n) is 5.34. The lowest BCUT2D eigenvalue weighted by atomic mass is 10.1. The zero-order valence-corrected chi connectivity index (χ0v) is 16.0. The van der Waals surface area contributed by atoms with Crippen LogP contribution in [-0.2, 0) is 4.79 Å². The molecule has 1 aromatic heterocycles. The third kappa shape index (κ3) is 3.68. The van der Waals surface area contributed by atoms with Crippen LogP contribution in [0.3, 0.4) is 0 Å². The number of carbonyl (C=O) groups is 2. The van der Waals surface area contributed by atoms with Crippen LogP contribution in [0.1, 0.15) is 9.67 Å². The van der Waals surface area contributed by atoms with Crippen LogP contribution >= 0.6 is 11.3 Å². The van der Waals surface area contributed by atoms with Crippen LogP contribution in [0.5, 0.6) is 0 Å². The molecule has 0 spiro atoms. The summed E-state index contributed by atoms with van der Waals surface area (Å²) in [7, 11) is 0. The molecule has 2 aromatic rings. The van der Waals surface area contributed by atoms with Gasteiger partial charge in [0, 0.05) is 50.2 Å². The zero-order chi connectivity index (χ0) is 18.8. The highest BCUT2D eigenvalue weighted by Crippen LogP contribution is 2.29. The largest absolute Gasteiger partial charge is 0.336 e. The summed E-state index contributed by atoms with van der Waals surface area (Å²) in [6.07, 6.45) is 1.37. The van der Waals surface area contributed by atoms with Crippen LogP contribution in [0, 0.1) is 0 Å². The molecular formula is C21H23N3O2S. The van der Waals surface area contributed by atoms with Gasteiger partial charge in [0.2, 0.25) is 5.91 Å². The van der Waals surface area contributed by atoms with Crippen molar-refractivity contribution in [2.24, 2.45) is 0 Å². The lowest BCUT2D eigenvalue weighted by Gasteiger charge is -2.47. The minimum absolute atomic E-state index is 0.00646. The fourth-order valence-electron chi connectivity index (χ4n) is 3.65. The summed E-state index contributed by atoms with van der Waals surface area (Å²) in [5.41, 5.74) is 1.15. The molecule has 140 valence electrons. The molecule has 6 heteroatoms. The Morgan fingerprint density at radius 3 is 2.33 bits per heavy atom. The van der Waals surface area contributed by atoms with Gasteiger partial charge in [-0.25, -0.2) is 0 Å². The van der Waals surface area contributed by atoms with Gasteiger partial charge in [-0.1, -0.05) is 36.9 Å². The van der Waals surface area contributed by atoms with Gasteiger partial charge < -0.3 is 9.80 Å². The molecule has 1 aromatic carbocycles. The number of nitrogens with zero attached hydrogens (tertiary/aromatic N) is 3. The van der Waals surface area contributed by atoms with Crippen molar-refractivity contribution in [3.63, 3.8) is 0 Å². The van der Waals surface area contributed by atoms with Gasteiger partial charge in [0.15, 0.2) is 0 Å². The van der Waals surface area contributed by atoms with Crippen LogP contribution in [0.15, 0.2) is 55.1 Å². The Morgan fingerprint density at radius 1 is 0.963 bits per heavy atom. The maximum absolute atomic E-state index is 12.8. The Kier molecular flexibility index (Phi) is 5.09. The Hall–Kier alpha value is -2.44. The molecule has 2 amide bonds. The number of piperazine rings is 1. The van der Waals surface area contributed by atoms with Gasteiger partial charge in [-0.2, -0.15) is 0 Å². The summed E-state index contributed by atoms with van der Waals surface area (Å²) >= 11 is 1.56. The normalized spacial score (nSPS) is 18.2. The van der Waals surface area contributed by atoms with E-state index in [4.69, 9.17) is 0 Å². The van der Waals surface area contributed by atoms with Crippen molar-refractivity contribution in [3.05, 3.63) is 60.0 Å². The second-order valence-corrected chi connectivity index (χ2v) is 8.04. The van der Waals surface area contributed by atoms with Gasteiger partial charge in [-0.15, -0.1) is 11.3 Å². The summed E-state index contributed by atoms with van der Waals surface area (Å²) in [6, 6.07) is 14.5. The fraction of sp³-hybridized carbons (Fsp3) is 0.333. The van der Waals surface area contributed by atoms with Gasteiger partial charge in [-0.05, 0) is 23.8 Å². The summed E-state index contributed by atoms with van der Waals surface area (Å²) in [5, 5.41) is 0. The van der Waals surface area contributed by atoms with Crippen molar-refractivity contribution in [2.75, 3.05) is 39.3 Å². The smallest absolute Gasteiger partial charge is 0.264 e. The number of likely N-dealkylation sites (tertiary alicyclic amines) is 1. The quantitative estimate of drug-likeness (QED) is 0.765. The molecule has 4 rings (SSSR count).